The molecule has 1 aliphatic rings. The maximum absolute atomic E-state index is 12.7. The summed E-state index contributed by atoms with van der Waals surface area (Å²) in [5.41, 5.74) is 1.06. The molecule has 1 aliphatic carbocycles. The molecule has 2 aromatic rings. The third-order valence-corrected chi connectivity index (χ3v) is 4.49. The topological polar surface area (TPSA) is 70.4 Å². The Labute approximate surface area is 146 Å². The Morgan fingerprint density at radius 1 is 1.24 bits per heavy atom. The normalized spacial score (nSPS) is 14.5. The Balaban J connectivity index is 2.10. The second-order valence-corrected chi connectivity index (χ2v) is 6.08. The second kappa shape index (κ2) is 7.51. The molecule has 1 fully saturated rings. The highest BCUT2D eigenvalue weighted by molar-refractivity contribution is 5.90. The molecule has 0 N–H and O–H groups in total. The van der Waals surface area contributed by atoms with Crippen LogP contribution >= 0.6 is 0 Å². The van der Waals surface area contributed by atoms with E-state index in [2.05, 4.69) is 5.10 Å². The molecule has 0 atom stereocenters. The first kappa shape index (κ1) is 17.2. The van der Waals surface area contributed by atoms with E-state index in [0.29, 0.717) is 5.69 Å². The molecule has 0 radical (unpaired) electrons. The van der Waals surface area contributed by atoms with Crippen LogP contribution in [0.25, 0.3) is 11.3 Å². The second-order valence-electron chi connectivity index (χ2n) is 6.08. The maximum atomic E-state index is 12.7. The monoisotopic (exact) mass is 342 g/mol. The summed E-state index contributed by atoms with van der Waals surface area (Å²) in [4.78, 5) is 25.0. The molecule has 1 aromatic carbocycles. The Bertz CT molecular complexity index is 805. The van der Waals surface area contributed by atoms with Crippen LogP contribution in [0.3, 0.4) is 0 Å². The molecule has 0 bridgehead atoms. The van der Waals surface area contributed by atoms with Gasteiger partial charge in [-0.25, -0.2) is 9.48 Å². The van der Waals surface area contributed by atoms with Gasteiger partial charge in [0.15, 0.2) is 0 Å². The van der Waals surface area contributed by atoms with E-state index in [4.69, 9.17) is 9.47 Å². The predicted molar refractivity (Wildman–Crippen MR) is 93.9 cm³/mol. The summed E-state index contributed by atoms with van der Waals surface area (Å²) in [5.74, 6) is 0.134. The molecule has 1 saturated carbocycles. The number of carbonyl (C=O) groups is 1. The molecule has 0 aliphatic heterocycles. The van der Waals surface area contributed by atoms with Gasteiger partial charge in [-0.2, -0.15) is 5.10 Å². The molecule has 6 heteroatoms. The summed E-state index contributed by atoms with van der Waals surface area (Å²) in [7, 11) is 1.60. The van der Waals surface area contributed by atoms with E-state index in [1.165, 1.54) is 10.7 Å². The molecule has 1 aromatic heterocycles. The van der Waals surface area contributed by atoms with Gasteiger partial charge < -0.3 is 9.47 Å². The first-order valence-electron chi connectivity index (χ1n) is 8.59. The minimum atomic E-state index is -0.601. The Morgan fingerprint density at radius 3 is 2.52 bits per heavy atom. The fraction of sp³-hybridized carbons (Fsp3) is 0.421. The summed E-state index contributed by atoms with van der Waals surface area (Å²) in [5, 5.41) is 4.54. The third-order valence-electron chi connectivity index (χ3n) is 4.49. The number of hydrogen-bond donors (Lipinski definition) is 0. The van der Waals surface area contributed by atoms with Gasteiger partial charge in [0, 0.05) is 5.56 Å². The van der Waals surface area contributed by atoms with Crippen LogP contribution in [-0.2, 0) is 4.74 Å². The summed E-state index contributed by atoms with van der Waals surface area (Å²) >= 11 is 0. The van der Waals surface area contributed by atoms with Crippen molar-refractivity contribution in [3.63, 3.8) is 0 Å². The van der Waals surface area contributed by atoms with Crippen LogP contribution in [0.2, 0.25) is 0 Å². The van der Waals surface area contributed by atoms with Gasteiger partial charge in [-0.05, 0) is 50.1 Å². The van der Waals surface area contributed by atoms with Crippen LogP contribution in [0, 0.1) is 0 Å². The zero-order valence-electron chi connectivity index (χ0n) is 14.5. The van der Waals surface area contributed by atoms with Gasteiger partial charge in [-0.3, -0.25) is 4.79 Å². The Kier molecular flexibility index (Phi) is 5.16. The molecular weight excluding hydrogens is 320 g/mol. The van der Waals surface area contributed by atoms with Gasteiger partial charge in [0.05, 0.1) is 25.5 Å². The van der Waals surface area contributed by atoms with E-state index < -0.39 is 5.97 Å². The van der Waals surface area contributed by atoms with Gasteiger partial charge in [0.25, 0.3) is 5.56 Å². The van der Waals surface area contributed by atoms with Gasteiger partial charge >= 0.3 is 5.97 Å². The summed E-state index contributed by atoms with van der Waals surface area (Å²) in [6.07, 6.45) is 3.95. The van der Waals surface area contributed by atoms with Gasteiger partial charge in [0.1, 0.15) is 11.3 Å². The van der Waals surface area contributed by atoms with E-state index in [0.717, 1.165) is 37.0 Å². The highest BCUT2D eigenvalue weighted by Gasteiger charge is 2.24. The van der Waals surface area contributed by atoms with Crippen LogP contribution in [-0.4, -0.2) is 29.5 Å². The lowest BCUT2D eigenvalue weighted by Gasteiger charge is -2.15. The molecule has 3 rings (SSSR count). The summed E-state index contributed by atoms with van der Waals surface area (Å²) < 4.78 is 11.7. The van der Waals surface area contributed by atoms with Crippen molar-refractivity contribution in [1.82, 2.24) is 9.78 Å². The maximum Gasteiger partial charge on any atom is 0.343 e. The van der Waals surface area contributed by atoms with E-state index in [-0.39, 0.29) is 23.8 Å². The Hall–Kier alpha value is -2.63. The number of aromatic nitrogens is 2. The fourth-order valence-corrected chi connectivity index (χ4v) is 3.17. The van der Waals surface area contributed by atoms with Crippen molar-refractivity contribution >= 4 is 5.97 Å². The van der Waals surface area contributed by atoms with E-state index >= 15 is 0 Å². The minimum absolute atomic E-state index is 0.0366. The van der Waals surface area contributed by atoms with Gasteiger partial charge in [0.2, 0.25) is 0 Å². The lowest BCUT2D eigenvalue weighted by atomic mass is 10.1. The molecule has 25 heavy (non-hydrogen) atoms. The molecule has 0 saturated heterocycles. The molecular formula is C19H22N2O4. The number of rotatable bonds is 5. The van der Waals surface area contributed by atoms with Crippen LogP contribution in [0.1, 0.15) is 49.0 Å². The average molecular weight is 342 g/mol. The van der Waals surface area contributed by atoms with Gasteiger partial charge in [-0.15, -0.1) is 0 Å². The van der Waals surface area contributed by atoms with Crippen molar-refractivity contribution in [3.8, 4) is 17.0 Å². The van der Waals surface area contributed by atoms with Crippen LogP contribution in [0.15, 0.2) is 35.1 Å². The van der Waals surface area contributed by atoms with Crippen LogP contribution in [0.4, 0.5) is 0 Å². The first-order chi connectivity index (χ1) is 12.1. The van der Waals surface area contributed by atoms with E-state index in [1.54, 1.807) is 14.0 Å². The predicted octanol–water partition coefficient (Wildman–Crippen LogP) is 3.21. The number of hydrogen-bond acceptors (Lipinski definition) is 5. The van der Waals surface area contributed by atoms with Crippen molar-refractivity contribution in [3.05, 3.63) is 46.2 Å². The fourth-order valence-electron chi connectivity index (χ4n) is 3.17. The van der Waals surface area contributed by atoms with E-state index in [9.17, 15) is 9.59 Å². The number of ether oxygens (including phenoxy) is 2. The average Bonchev–Trinajstić information content (AvgIpc) is 3.16. The minimum Gasteiger partial charge on any atom is -0.497 e. The van der Waals surface area contributed by atoms with E-state index in [1.807, 2.05) is 24.3 Å². The zero-order valence-corrected chi connectivity index (χ0v) is 14.5. The SMILES string of the molecule is CCOC(=O)c1cc(-c2ccc(OC)cc2)nn(C2CCCC2)c1=O. The zero-order chi connectivity index (χ0) is 17.8. The molecule has 0 unspecified atom stereocenters. The number of methoxy groups -OCH3 is 1. The highest BCUT2D eigenvalue weighted by Crippen LogP contribution is 2.29. The lowest BCUT2D eigenvalue weighted by molar-refractivity contribution is 0.0522. The largest absolute Gasteiger partial charge is 0.497 e. The first-order valence-corrected chi connectivity index (χ1v) is 8.59. The lowest BCUT2D eigenvalue weighted by Crippen LogP contribution is -2.32. The number of esters is 1. The smallest absolute Gasteiger partial charge is 0.343 e. The van der Waals surface area contributed by atoms with Crippen molar-refractivity contribution in [2.45, 2.75) is 38.6 Å². The molecule has 132 valence electrons. The van der Waals surface area contributed by atoms with Gasteiger partial charge in [-0.1, -0.05) is 12.8 Å². The van der Waals surface area contributed by atoms with Crippen molar-refractivity contribution in [1.29, 1.82) is 0 Å². The van der Waals surface area contributed by atoms with Crippen molar-refractivity contribution in [2.75, 3.05) is 13.7 Å². The molecule has 6 nitrogen and oxygen atoms in total. The third kappa shape index (κ3) is 3.57. The van der Waals surface area contributed by atoms with Crippen molar-refractivity contribution in [2.24, 2.45) is 0 Å². The van der Waals surface area contributed by atoms with Crippen molar-refractivity contribution < 1.29 is 14.3 Å². The highest BCUT2D eigenvalue weighted by atomic mass is 16.5. The quantitative estimate of drug-likeness (QED) is 0.780. The number of benzene rings is 1. The van der Waals surface area contributed by atoms with Crippen LogP contribution in [0.5, 0.6) is 5.75 Å². The molecule has 0 spiro atoms. The molecule has 0 amide bonds. The standard InChI is InChI=1S/C19H22N2O4/c1-3-25-19(23)16-12-17(13-8-10-15(24-2)11-9-13)20-21(18(16)22)14-6-4-5-7-14/h8-12,14H,3-7H2,1-2H3. The number of carbonyl (C=O) groups excluding carboxylic acids is 1. The Morgan fingerprint density at radius 2 is 1.92 bits per heavy atom. The summed E-state index contributed by atoms with van der Waals surface area (Å²) in [6.45, 7) is 1.95. The molecule has 1 heterocycles. The summed E-state index contributed by atoms with van der Waals surface area (Å²) in [6, 6.07) is 8.93. The number of nitrogens with zero attached hydrogens (tertiary/aromatic N) is 2. The van der Waals surface area contributed by atoms with Crippen LogP contribution < -0.4 is 10.3 Å².